The smallest absolute Gasteiger partial charge is 0.268 e. The van der Waals surface area contributed by atoms with Crippen LogP contribution in [0.4, 0.5) is 5.69 Å². The lowest BCUT2D eigenvalue weighted by molar-refractivity contribution is 0.101. The van der Waals surface area contributed by atoms with Gasteiger partial charge in [-0.05, 0) is 5.92 Å². The summed E-state index contributed by atoms with van der Waals surface area (Å²) >= 11 is 0. The van der Waals surface area contributed by atoms with Crippen LogP contribution in [-0.4, -0.2) is 21.0 Å². The van der Waals surface area contributed by atoms with Crippen LogP contribution in [0, 0.1) is 5.92 Å². The summed E-state index contributed by atoms with van der Waals surface area (Å²) in [6.45, 7) is 3.97. The van der Waals surface area contributed by atoms with Crippen molar-refractivity contribution in [3.8, 4) is 0 Å². The normalized spacial score (nSPS) is 13.1. The predicted octanol–water partition coefficient (Wildman–Crippen LogP) is -0.158. The Kier molecular flexibility index (Phi) is 3.24. The minimum atomic E-state index is -0.566. The van der Waals surface area contributed by atoms with Gasteiger partial charge in [-0.2, -0.15) is 5.10 Å². The van der Waals surface area contributed by atoms with E-state index >= 15 is 0 Å². The molecule has 0 fully saturated rings. The molecule has 1 unspecified atom stereocenters. The van der Waals surface area contributed by atoms with Crippen LogP contribution in [0.15, 0.2) is 17.1 Å². The molecule has 0 bridgehead atoms. The average molecular weight is 197 g/mol. The van der Waals surface area contributed by atoms with Crippen LogP contribution in [0.1, 0.15) is 13.8 Å². The number of nitrogens with zero attached hydrogens (tertiary/aromatic N) is 2. The average Bonchev–Trinajstić information content (AvgIpc) is 2.09. The van der Waals surface area contributed by atoms with Crippen LogP contribution in [0.3, 0.4) is 0 Å². The monoisotopic (exact) mass is 197 g/mol. The zero-order valence-corrected chi connectivity index (χ0v) is 8.34. The highest BCUT2D eigenvalue weighted by molar-refractivity contribution is 5.31. The Bertz CT molecular complexity index is 359. The molecule has 0 spiro atoms. The van der Waals surface area contributed by atoms with Crippen molar-refractivity contribution in [2.24, 2.45) is 5.92 Å². The van der Waals surface area contributed by atoms with Crippen LogP contribution in [0.2, 0.25) is 0 Å². The zero-order chi connectivity index (χ0) is 10.7. The molecule has 0 saturated heterocycles. The molecule has 1 heterocycles. The lowest BCUT2D eigenvalue weighted by atomic mass is 10.1. The molecule has 1 aromatic rings. The Balaban J connectivity index is 2.82. The minimum absolute atomic E-state index is 0.0984. The van der Waals surface area contributed by atoms with Gasteiger partial charge in [-0.1, -0.05) is 13.8 Å². The molecule has 0 saturated carbocycles. The molecule has 1 rings (SSSR count). The summed E-state index contributed by atoms with van der Waals surface area (Å²) in [5.41, 5.74) is 5.43. The van der Waals surface area contributed by atoms with Gasteiger partial charge in [-0.25, -0.2) is 4.68 Å². The third kappa shape index (κ3) is 2.56. The Morgan fingerprint density at radius 1 is 1.64 bits per heavy atom. The van der Waals surface area contributed by atoms with Crippen LogP contribution in [-0.2, 0) is 6.54 Å². The number of rotatable bonds is 3. The van der Waals surface area contributed by atoms with E-state index < -0.39 is 6.10 Å². The molecule has 0 aromatic carbocycles. The van der Waals surface area contributed by atoms with E-state index in [1.54, 1.807) is 0 Å². The van der Waals surface area contributed by atoms with Crippen LogP contribution in [0.5, 0.6) is 0 Å². The van der Waals surface area contributed by atoms with Crippen LogP contribution >= 0.6 is 0 Å². The van der Waals surface area contributed by atoms with E-state index in [2.05, 4.69) is 5.10 Å². The first kappa shape index (κ1) is 10.7. The van der Waals surface area contributed by atoms with Crippen molar-refractivity contribution in [3.05, 3.63) is 22.6 Å². The summed E-state index contributed by atoms with van der Waals surface area (Å²) in [5.74, 6) is 0.0984. The Morgan fingerprint density at radius 2 is 2.29 bits per heavy atom. The van der Waals surface area contributed by atoms with Crippen molar-refractivity contribution in [3.63, 3.8) is 0 Å². The third-order valence-electron chi connectivity index (χ3n) is 2.02. The molecular formula is C9H15N3O2. The van der Waals surface area contributed by atoms with Gasteiger partial charge < -0.3 is 10.8 Å². The van der Waals surface area contributed by atoms with Gasteiger partial charge in [0.25, 0.3) is 5.56 Å². The molecular weight excluding hydrogens is 182 g/mol. The second-order valence-corrected chi connectivity index (χ2v) is 3.62. The maximum atomic E-state index is 11.3. The summed E-state index contributed by atoms with van der Waals surface area (Å²) in [7, 11) is 0. The molecule has 3 N–H and O–H groups in total. The van der Waals surface area contributed by atoms with Crippen molar-refractivity contribution >= 4 is 5.69 Å². The fraction of sp³-hybridized carbons (Fsp3) is 0.556. The topological polar surface area (TPSA) is 81.1 Å². The lowest BCUT2D eigenvalue weighted by Crippen LogP contribution is -2.30. The molecule has 5 nitrogen and oxygen atoms in total. The number of nitrogens with two attached hydrogens (primary N) is 1. The van der Waals surface area contributed by atoms with E-state index in [0.29, 0.717) is 5.69 Å². The van der Waals surface area contributed by atoms with Crippen molar-refractivity contribution in [1.82, 2.24) is 9.78 Å². The Hall–Kier alpha value is -1.36. The van der Waals surface area contributed by atoms with Crippen molar-refractivity contribution in [2.75, 3.05) is 5.73 Å². The number of nitrogen functional groups attached to an aromatic ring is 1. The standard InChI is InChI=1S/C9H15N3O2/c1-6(2)8(13)5-12-9(14)3-7(10)4-11-12/h3-4,6,8,13H,5,10H2,1-2H3. The molecule has 1 atom stereocenters. The SMILES string of the molecule is CC(C)C(O)Cn1ncc(N)cc1=O. The number of hydrogen-bond acceptors (Lipinski definition) is 4. The van der Waals surface area contributed by atoms with E-state index in [1.165, 1.54) is 16.9 Å². The molecule has 0 aliphatic heterocycles. The minimum Gasteiger partial charge on any atom is -0.397 e. The first-order valence-electron chi connectivity index (χ1n) is 4.51. The van der Waals surface area contributed by atoms with E-state index in [0.717, 1.165) is 0 Å². The highest BCUT2D eigenvalue weighted by Crippen LogP contribution is 2.02. The zero-order valence-electron chi connectivity index (χ0n) is 8.34. The fourth-order valence-corrected chi connectivity index (χ4v) is 0.973. The number of aromatic nitrogens is 2. The van der Waals surface area contributed by atoms with Gasteiger partial charge in [-0.3, -0.25) is 4.79 Å². The van der Waals surface area contributed by atoms with Gasteiger partial charge in [-0.15, -0.1) is 0 Å². The summed E-state index contributed by atoms with van der Waals surface area (Å²) in [6, 6.07) is 1.29. The summed E-state index contributed by atoms with van der Waals surface area (Å²) in [4.78, 5) is 11.3. The number of aliphatic hydroxyl groups is 1. The largest absolute Gasteiger partial charge is 0.397 e. The fourth-order valence-electron chi connectivity index (χ4n) is 0.973. The highest BCUT2D eigenvalue weighted by Gasteiger charge is 2.11. The lowest BCUT2D eigenvalue weighted by Gasteiger charge is -2.14. The summed E-state index contributed by atoms with van der Waals surface area (Å²) in [6.07, 6.45) is 0.831. The molecule has 1 aromatic heterocycles. The van der Waals surface area contributed by atoms with Crippen molar-refractivity contribution < 1.29 is 5.11 Å². The molecule has 14 heavy (non-hydrogen) atoms. The van der Waals surface area contributed by atoms with E-state index in [4.69, 9.17) is 5.73 Å². The van der Waals surface area contributed by atoms with Crippen LogP contribution < -0.4 is 11.3 Å². The molecule has 0 amide bonds. The maximum absolute atomic E-state index is 11.3. The Labute approximate surface area is 82.2 Å². The van der Waals surface area contributed by atoms with E-state index in [-0.39, 0.29) is 18.0 Å². The Morgan fingerprint density at radius 3 is 2.79 bits per heavy atom. The first-order chi connectivity index (χ1) is 6.50. The molecule has 0 aliphatic rings. The highest BCUT2D eigenvalue weighted by atomic mass is 16.3. The number of hydrogen-bond donors (Lipinski definition) is 2. The molecule has 0 radical (unpaired) electrons. The molecule has 5 heteroatoms. The second-order valence-electron chi connectivity index (χ2n) is 3.62. The molecule has 0 aliphatic carbocycles. The van der Waals surface area contributed by atoms with Crippen LogP contribution in [0.25, 0.3) is 0 Å². The third-order valence-corrected chi connectivity index (χ3v) is 2.02. The molecule has 78 valence electrons. The number of anilines is 1. The quantitative estimate of drug-likeness (QED) is 0.705. The number of aliphatic hydroxyl groups excluding tert-OH is 1. The van der Waals surface area contributed by atoms with Gasteiger partial charge in [0.15, 0.2) is 0 Å². The van der Waals surface area contributed by atoms with Gasteiger partial charge in [0.05, 0.1) is 24.5 Å². The summed E-state index contributed by atoms with van der Waals surface area (Å²) < 4.78 is 1.21. The predicted molar refractivity (Wildman–Crippen MR) is 53.8 cm³/mol. The van der Waals surface area contributed by atoms with Crippen molar-refractivity contribution in [1.29, 1.82) is 0 Å². The van der Waals surface area contributed by atoms with Gasteiger partial charge in [0, 0.05) is 6.07 Å². The first-order valence-corrected chi connectivity index (χ1v) is 4.51. The van der Waals surface area contributed by atoms with E-state index in [1.807, 2.05) is 13.8 Å². The van der Waals surface area contributed by atoms with E-state index in [9.17, 15) is 9.90 Å². The van der Waals surface area contributed by atoms with Gasteiger partial charge >= 0.3 is 0 Å². The maximum Gasteiger partial charge on any atom is 0.268 e. The second kappa shape index (κ2) is 4.23. The van der Waals surface area contributed by atoms with Gasteiger partial charge in [0.2, 0.25) is 0 Å². The van der Waals surface area contributed by atoms with Crippen molar-refractivity contribution in [2.45, 2.75) is 26.5 Å². The summed E-state index contributed by atoms with van der Waals surface area (Å²) in [5, 5.41) is 13.4. The van der Waals surface area contributed by atoms with Gasteiger partial charge in [0.1, 0.15) is 0 Å².